The van der Waals surface area contributed by atoms with Crippen LogP contribution < -0.4 is 0 Å². The number of thioether (sulfide) groups is 1. The van der Waals surface area contributed by atoms with Gasteiger partial charge in [-0.1, -0.05) is 5.16 Å². The Morgan fingerprint density at radius 1 is 1.50 bits per heavy atom. The maximum atomic E-state index is 9.69. The van der Waals surface area contributed by atoms with Crippen molar-refractivity contribution in [2.75, 3.05) is 6.26 Å². The van der Waals surface area contributed by atoms with Crippen molar-refractivity contribution in [3.63, 3.8) is 0 Å². The van der Waals surface area contributed by atoms with Crippen LogP contribution in [-0.4, -0.2) is 21.5 Å². The minimum Gasteiger partial charge on any atom is -0.507 e. The lowest BCUT2D eigenvalue weighted by atomic mass is 10.2. The molecule has 0 radical (unpaired) electrons. The minimum absolute atomic E-state index is 0.153. The molecule has 84 valence electrons. The standard InChI is InChI=1S/C10H9IN2O2S/c1-16-5-9-12-10(15-13-9)7-4-6(11)2-3-8(7)14/h2-4,14H,5H2,1H3. The average Bonchev–Trinajstić information content (AvgIpc) is 2.71. The predicted molar refractivity (Wildman–Crippen MR) is 71.3 cm³/mol. The van der Waals surface area contributed by atoms with Gasteiger partial charge >= 0.3 is 0 Å². The van der Waals surface area contributed by atoms with Crippen LogP contribution in [0.4, 0.5) is 0 Å². The fourth-order valence-electron chi connectivity index (χ4n) is 1.23. The molecule has 4 nitrogen and oxygen atoms in total. The molecule has 1 heterocycles. The zero-order valence-corrected chi connectivity index (χ0v) is 11.4. The van der Waals surface area contributed by atoms with Crippen molar-refractivity contribution in [3.05, 3.63) is 27.6 Å². The van der Waals surface area contributed by atoms with E-state index in [0.717, 1.165) is 3.57 Å². The van der Waals surface area contributed by atoms with Crippen LogP contribution in [0, 0.1) is 3.57 Å². The van der Waals surface area contributed by atoms with Gasteiger partial charge in [0, 0.05) is 3.57 Å². The van der Waals surface area contributed by atoms with E-state index in [1.54, 1.807) is 17.8 Å². The Morgan fingerprint density at radius 3 is 3.06 bits per heavy atom. The van der Waals surface area contributed by atoms with Crippen LogP contribution in [0.1, 0.15) is 5.82 Å². The monoisotopic (exact) mass is 348 g/mol. The molecule has 6 heteroatoms. The molecule has 0 fully saturated rings. The second-order valence-electron chi connectivity index (χ2n) is 3.11. The number of rotatable bonds is 3. The van der Waals surface area contributed by atoms with E-state index in [0.29, 0.717) is 23.0 Å². The molecule has 0 amide bonds. The van der Waals surface area contributed by atoms with Crippen molar-refractivity contribution in [1.29, 1.82) is 0 Å². The number of phenols is 1. The molecule has 0 aliphatic carbocycles. The van der Waals surface area contributed by atoms with Crippen molar-refractivity contribution in [2.45, 2.75) is 5.75 Å². The Hall–Kier alpha value is -0.760. The van der Waals surface area contributed by atoms with Gasteiger partial charge in [-0.15, -0.1) is 0 Å². The van der Waals surface area contributed by atoms with E-state index in [9.17, 15) is 5.11 Å². The summed E-state index contributed by atoms with van der Waals surface area (Å²) in [6, 6.07) is 5.25. The molecule has 16 heavy (non-hydrogen) atoms. The Labute approximate surface area is 111 Å². The van der Waals surface area contributed by atoms with Crippen molar-refractivity contribution in [1.82, 2.24) is 10.1 Å². The number of phenolic OH excluding ortho intramolecular Hbond substituents is 1. The summed E-state index contributed by atoms with van der Waals surface area (Å²) in [6.45, 7) is 0. The van der Waals surface area contributed by atoms with E-state index < -0.39 is 0 Å². The maximum Gasteiger partial charge on any atom is 0.261 e. The second-order valence-corrected chi connectivity index (χ2v) is 5.22. The normalized spacial score (nSPS) is 10.6. The van der Waals surface area contributed by atoms with E-state index in [1.807, 2.05) is 18.4 Å². The molecular weight excluding hydrogens is 339 g/mol. The highest BCUT2D eigenvalue weighted by molar-refractivity contribution is 14.1. The van der Waals surface area contributed by atoms with Gasteiger partial charge in [0.05, 0.1) is 11.3 Å². The first-order valence-corrected chi connectivity index (χ1v) is 6.98. The summed E-state index contributed by atoms with van der Waals surface area (Å²) in [5.41, 5.74) is 0.576. The van der Waals surface area contributed by atoms with Crippen molar-refractivity contribution in [2.24, 2.45) is 0 Å². The Morgan fingerprint density at radius 2 is 2.31 bits per heavy atom. The second kappa shape index (κ2) is 5.05. The summed E-state index contributed by atoms with van der Waals surface area (Å²) in [7, 11) is 0. The molecular formula is C10H9IN2O2S. The van der Waals surface area contributed by atoms with E-state index in [1.165, 1.54) is 0 Å². The zero-order chi connectivity index (χ0) is 11.5. The van der Waals surface area contributed by atoms with Crippen LogP contribution in [0.25, 0.3) is 11.5 Å². The summed E-state index contributed by atoms with van der Waals surface area (Å²) in [4.78, 5) is 4.21. The summed E-state index contributed by atoms with van der Waals surface area (Å²) in [6.07, 6.45) is 1.97. The number of benzene rings is 1. The molecule has 0 unspecified atom stereocenters. The third kappa shape index (κ3) is 2.49. The quantitative estimate of drug-likeness (QED) is 0.865. The topological polar surface area (TPSA) is 59.2 Å². The largest absolute Gasteiger partial charge is 0.507 e. The molecule has 1 aromatic carbocycles. The van der Waals surface area contributed by atoms with Gasteiger partial charge in [0.25, 0.3) is 5.89 Å². The molecule has 2 rings (SSSR count). The fraction of sp³-hybridized carbons (Fsp3) is 0.200. The van der Waals surface area contributed by atoms with Gasteiger partial charge in [-0.05, 0) is 47.0 Å². The van der Waals surface area contributed by atoms with Gasteiger partial charge < -0.3 is 9.63 Å². The first-order chi connectivity index (χ1) is 7.70. The first-order valence-electron chi connectivity index (χ1n) is 4.51. The lowest BCUT2D eigenvalue weighted by molar-refractivity contribution is 0.419. The maximum absolute atomic E-state index is 9.69. The molecule has 0 spiro atoms. The third-order valence-corrected chi connectivity index (χ3v) is 3.15. The fourth-order valence-corrected chi connectivity index (χ4v) is 2.10. The first kappa shape index (κ1) is 11.7. The van der Waals surface area contributed by atoms with Crippen LogP contribution in [0.15, 0.2) is 22.7 Å². The average molecular weight is 348 g/mol. The molecule has 0 aliphatic heterocycles. The highest BCUT2D eigenvalue weighted by Gasteiger charge is 2.12. The molecule has 0 aliphatic rings. The third-order valence-electron chi connectivity index (χ3n) is 1.93. The van der Waals surface area contributed by atoms with Gasteiger partial charge in [-0.25, -0.2) is 0 Å². The van der Waals surface area contributed by atoms with Gasteiger partial charge in [0.2, 0.25) is 0 Å². The van der Waals surface area contributed by atoms with Gasteiger partial charge in [0.15, 0.2) is 5.82 Å². The lowest BCUT2D eigenvalue weighted by Crippen LogP contribution is -1.84. The summed E-state index contributed by atoms with van der Waals surface area (Å²) in [5.74, 6) is 1.86. The summed E-state index contributed by atoms with van der Waals surface area (Å²) in [5, 5.41) is 13.5. The number of aromatic hydroxyl groups is 1. The molecule has 1 aromatic heterocycles. The van der Waals surface area contributed by atoms with Crippen LogP contribution in [-0.2, 0) is 5.75 Å². The van der Waals surface area contributed by atoms with E-state index in [2.05, 4.69) is 32.7 Å². The minimum atomic E-state index is 0.153. The van der Waals surface area contributed by atoms with Crippen LogP contribution in [0.2, 0.25) is 0 Å². The van der Waals surface area contributed by atoms with Crippen molar-refractivity contribution in [3.8, 4) is 17.2 Å². The molecule has 0 saturated heterocycles. The summed E-state index contributed by atoms with van der Waals surface area (Å²) >= 11 is 3.79. The Bertz CT molecular complexity index is 501. The van der Waals surface area contributed by atoms with Gasteiger partial charge in [0.1, 0.15) is 5.75 Å². The van der Waals surface area contributed by atoms with Crippen LogP contribution in [0.5, 0.6) is 5.75 Å². The van der Waals surface area contributed by atoms with Crippen LogP contribution in [0.3, 0.4) is 0 Å². The summed E-state index contributed by atoms with van der Waals surface area (Å²) < 4.78 is 6.11. The number of nitrogens with zero attached hydrogens (tertiary/aromatic N) is 2. The zero-order valence-electron chi connectivity index (χ0n) is 8.48. The SMILES string of the molecule is CSCc1noc(-c2cc(I)ccc2O)n1. The molecule has 0 atom stereocenters. The van der Waals surface area contributed by atoms with Gasteiger partial charge in [-0.3, -0.25) is 0 Å². The number of hydrogen-bond acceptors (Lipinski definition) is 5. The van der Waals surface area contributed by atoms with Gasteiger partial charge in [-0.2, -0.15) is 16.7 Å². The molecule has 1 N–H and O–H groups in total. The lowest BCUT2D eigenvalue weighted by Gasteiger charge is -1.99. The number of aromatic nitrogens is 2. The van der Waals surface area contributed by atoms with E-state index >= 15 is 0 Å². The predicted octanol–water partition coefficient (Wildman–Crippen LogP) is 2.91. The Balaban J connectivity index is 2.38. The highest BCUT2D eigenvalue weighted by atomic mass is 127. The molecule has 2 aromatic rings. The highest BCUT2D eigenvalue weighted by Crippen LogP contribution is 2.29. The number of hydrogen-bond donors (Lipinski definition) is 1. The van der Waals surface area contributed by atoms with E-state index in [4.69, 9.17) is 4.52 Å². The van der Waals surface area contributed by atoms with Crippen LogP contribution >= 0.6 is 34.4 Å². The van der Waals surface area contributed by atoms with Crippen molar-refractivity contribution < 1.29 is 9.63 Å². The van der Waals surface area contributed by atoms with E-state index in [-0.39, 0.29) is 5.75 Å². The number of halogens is 1. The van der Waals surface area contributed by atoms with Crippen molar-refractivity contribution >= 4 is 34.4 Å². The smallest absolute Gasteiger partial charge is 0.261 e. The Kier molecular flexibility index (Phi) is 3.70. The molecule has 0 bridgehead atoms. The molecule has 0 saturated carbocycles.